The SMILES string of the molecule is [B]CCC(F)=C(F)F. The summed E-state index contributed by atoms with van der Waals surface area (Å²) in [6.45, 7) is 0. The molecule has 0 aromatic heterocycles. The van der Waals surface area contributed by atoms with Gasteiger partial charge in [0.05, 0.1) is 7.85 Å². The van der Waals surface area contributed by atoms with E-state index in [2.05, 4.69) is 0 Å². The van der Waals surface area contributed by atoms with Gasteiger partial charge in [-0.3, -0.25) is 0 Å². The summed E-state index contributed by atoms with van der Waals surface area (Å²) in [5.41, 5.74) is 0. The Balaban J connectivity index is 3.62. The van der Waals surface area contributed by atoms with Crippen molar-refractivity contribution in [1.82, 2.24) is 0 Å². The van der Waals surface area contributed by atoms with E-state index in [0.717, 1.165) is 0 Å². The van der Waals surface area contributed by atoms with Crippen LogP contribution in [0.2, 0.25) is 6.32 Å². The van der Waals surface area contributed by atoms with Gasteiger partial charge in [0.1, 0.15) is 0 Å². The molecule has 4 heteroatoms. The molecular formula is C4H4BF3. The molecule has 0 atom stereocenters. The molecule has 0 nitrogen and oxygen atoms in total. The van der Waals surface area contributed by atoms with E-state index in [4.69, 9.17) is 7.85 Å². The first-order chi connectivity index (χ1) is 3.68. The van der Waals surface area contributed by atoms with Crippen molar-refractivity contribution in [1.29, 1.82) is 0 Å². The standard InChI is InChI=1S/C4H4BF3/c5-2-1-3(6)4(7)8/h1-2H2. The fourth-order valence-electron chi connectivity index (χ4n) is 0.221. The molecule has 0 aliphatic rings. The number of hydrogen-bond donors (Lipinski definition) is 0. The van der Waals surface area contributed by atoms with E-state index in [0.29, 0.717) is 0 Å². The van der Waals surface area contributed by atoms with Crippen molar-refractivity contribution < 1.29 is 13.2 Å². The third kappa shape index (κ3) is 2.72. The van der Waals surface area contributed by atoms with Gasteiger partial charge in [0, 0.05) is 0 Å². The van der Waals surface area contributed by atoms with Crippen molar-refractivity contribution in [3.8, 4) is 0 Å². The summed E-state index contributed by atoms with van der Waals surface area (Å²) in [6.07, 6.45) is -2.72. The van der Waals surface area contributed by atoms with Crippen molar-refractivity contribution in [3.63, 3.8) is 0 Å². The molecule has 0 amide bonds. The van der Waals surface area contributed by atoms with Crippen LogP contribution in [-0.4, -0.2) is 7.85 Å². The molecule has 0 rings (SSSR count). The number of rotatable bonds is 2. The highest BCUT2D eigenvalue weighted by Gasteiger charge is 2.00. The van der Waals surface area contributed by atoms with Crippen LogP contribution >= 0.6 is 0 Å². The highest BCUT2D eigenvalue weighted by Crippen LogP contribution is 2.13. The first-order valence-corrected chi connectivity index (χ1v) is 2.08. The van der Waals surface area contributed by atoms with E-state index in [1.165, 1.54) is 0 Å². The zero-order valence-corrected chi connectivity index (χ0v) is 4.13. The summed E-state index contributed by atoms with van der Waals surface area (Å²) >= 11 is 0. The largest absolute Gasteiger partial charge is 0.301 e. The summed E-state index contributed by atoms with van der Waals surface area (Å²) in [5, 5.41) is 0. The Labute approximate surface area is 46.8 Å². The lowest BCUT2D eigenvalue weighted by molar-refractivity contribution is 0.373. The first-order valence-electron chi connectivity index (χ1n) is 2.08. The monoisotopic (exact) mass is 120 g/mol. The van der Waals surface area contributed by atoms with Gasteiger partial charge in [0.15, 0.2) is 5.83 Å². The highest BCUT2D eigenvalue weighted by atomic mass is 19.3. The Bertz CT molecular complexity index is 95.5. The van der Waals surface area contributed by atoms with E-state index in [9.17, 15) is 13.2 Å². The van der Waals surface area contributed by atoms with Crippen LogP contribution < -0.4 is 0 Å². The molecule has 0 saturated carbocycles. The lowest BCUT2D eigenvalue weighted by atomic mass is 10.0. The van der Waals surface area contributed by atoms with Crippen molar-refractivity contribution in [2.45, 2.75) is 12.7 Å². The average Bonchev–Trinajstić information content (AvgIpc) is 1.67. The minimum absolute atomic E-state index is 0.0802. The fourth-order valence-corrected chi connectivity index (χ4v) is 0.221. The topological polar surface area (TPSA) is 0 Å². The maximum Gasteiger partial charge on any atom is 0.301 e. The first kappa shape index (κ1) is 7.59. The van der Waals surface area contributed by atoms with E-state index in [-0.39, 0.29) is 12.7 Å². The lowest BCUT2D eigenvalue weighted by Crippen LogP contribution is -1.75. The predicted molar refractivity (Wildman–Crippen MR) is 25.5 cm³/mol. The Morgan fingerprint density at radius 2 is 1.75 bits per heavy atom. The normalized spacial score (nSPS) is 8.88. The van der Waals surface area contributed by atoms with E-state index >= 15 is 0 Å². The minimum atomic E-state index is -2.27. The van der Waals surface area contributed by atoms with Crippen LogP contribution in [0, 0.1) is 0 Å². The van der Waals surface area contributed by atoms with Crippen LogP contribution in [0.5, 0.6) is 0 Å². The van der Waals surface area contributed by atoms with Gasteiger partial charge in [0.2, 0.25) is 0 Å². The van der Waals surface area contributed by atoms with Gasteiger partial charge in [-0.25, -0.2) is 4.39 Å². The molecule has 44 valence electrons. The zero-order chi connectivity index (χ0) is 6.57. The van der Waals surface area contributed by atoms with Crippen molar-refractivity contribution in [2.75, 3.05) is 0 Å². The molecule has 0 aromatic carbocycles. The van der Waals surface area contributed by atoms with Crippen LogP contribution in [0.15, 0.2) is 11.9 Å². The lowest BCUT2D eigenvalue weighted by Gasteiger charge is -1.87. The summed E-state index contributed by atoms with van der Waals surface area (Å²) in [7, 11) is 4.76. The Morgan fingerprint density at radius 1 is 1.25 bits per heavy atom. The molecule has 0 bridgehead atoms. The molecule has 0 saturated heterocycles. The van der Waals surface area contributed by atoms with Crippen LogP contribution in [0.1, 0.15) is 6.42 Å². The second-order valence-electron chi connectivity index (χ2n) is 1.20. The zero-order valence-electron chi connectivity index (χ0n) is 4.13. The third-order valence-corrected chi connectivity index (χ3v) is 0.569. The van der Waals surface area contributed by atoms with Gasteiger partial charge in [-0.05, 0) is 6.42 Å². The van der Waals surface area contributed by atoms with Crippen molar-refractivity contribution in [2.24, 2.45) is 0 Å². The Hall–Kier alpha value is -0.405. The second kappa shape index (κ2) is 3.58. The van der Waals surface area contributed by atoms with Gasteiger partial charge >= 0.3 is 6.08 Å². The van der Waals surface area contributed by atoms with E-state index in [1.807, 2.05) is 0 Å². The number of halogens is 3. The van der Waals surface area contributed by atoms with E-state index in [1.54, 1.807) is 0 Å². The van der Waals surface area contributed by atoms with Crippen molar-refractivity contribution in [3.05, 3.63) is 11.9 Å². The average molecular weight is 120 g/mol. The smallest absolute Gasteiger partial charge is 0.206 e. The molecule has 8 heavy (non-hydrogen) atoms. The molecule has 0 unspecified atom stereocenters. The molecule has 0 fully saturated rings. The molecule has 0 aromatic rings. The summed E-state index contributed by atoms with van der Waals surface area (Å²) < 4.78 is 33.7. The number of allylic oxidation sites excluding steroid dienone is 1. The molecule has 0 N–H and O–H groups in total. The fraction of sp³-hybridized carbons (Fsp3) is 0.500. The molecule has 0 heterocycles. The van der Waals surface area contributed by atoms with Crippen LogP contribution in [0.3, 0.4) is 0 Å². The maximum atomic E-state index is 11.6. The van der Waals surface area contributed by atoms with Gasteiger partial charge in [-0.15, -0.1) is 0 Å². The summed E-state index contributed by atoms with van der Waals surface area (Å²) in [6, 6.07) is 0. The van der Waals surface area contributed by atoms with Crippen LogP contribution in [0.25, 0.3) is 0 Å². The van der Waals surface area contributed by atoms with E-state index < -0.39 is 11.9 Å². The van der Waals surface area contributed by atoms with Crippen LogP contribution in [0.4, 0.5) is 13.2 Å². The molecular weight excluding hydrogens is 116 g/mol. The maximum absolute atomic E-state index is 11.6. The molecule has 0 aliphatic heterocycles. The second-order valence-corrected chi connectivity index (χ2v) is 1.20. The van der Waals surface area contributed by atoms with Gasteiger partial charge in [0.25, 0.3) is 0 Å². The van der Waals surface area contributed by atoms with Crippen LogP contribution in [-0.2, 0) is 0 Å². The molecule has 0 spiro atoms. The van der Waals surface area contributed by atoms with Gasteiger partial charge < -0.3 is 0 Å². The van der Waals surface area contributed by atoms with Gasteiger partial charge in [-0.1, -0.05) is 6.32 Å². The minimum Gasteiger partial charge on any atom is -0.206 e. The van der Waals surface area contributed by atoms with Crippen molar-refractivity contribution >= 4 is 7.85 Å². The molecule has 0 aliphatic carbocycles. The van der Waals surface area contributed by atoms with Gasteiger partial charge in [-0.2, -0.15) is 8.78 Å². The quantitative estimate of drug-likeness (QED) is 0.489. The molecule has 2 radical (unpaired) electrons. The Kier molecular flexibility index (Phi) is 3.40. The number of hydrogen-bond acceptors (Lipinski definition) is 0. The summed E-state index contributed by atoms with van der Waals surface area (Å²) in [5.74, 6) is -1.41. The predicted octanol–water partition coefficient (Wildman–Crippen LogP) is 2.04. The third-order valence-electron chi connectivity index (χ3n) is 0.569. The summed E-state index contributed by atoms with van der Waals surface area (Å²) in [4.78, 5) is 0. The highest BCUT2D eigenvalue weighted by molar-refractivity contribution is 6.08. The Morgan fingerprint density at radius 3 is 1.88 bits per heavy atom.